The molecule has 0 radical (unpaired) electrons. The van der Waals surface area contributed by atoms with E-state index in [2.05, 4.69) is 37.2 Å². The quantitative estimate of drug-likeness (QED) is 0.0753. The summed E-state index contributed by atoms with van der Waals surface area (Å²) in [4.78, 5) is 148. The van der Waals surface area contributed by atoms with Crippen molar-refractivity contribution in [3.63, 3.8) is 0 Å². The Bertz CT molecular complexity index is 2260. The molecule has 0 bridgehead atoms. The minimum absolute atomic E-state index is 0.0342. The van der Waals surface area contributed by atoms with Crippen LogP contribution in [0.1, 0.15) is 50.7 Å². The van der Waals surface area contributed by atoms with E-state index in [9.17, 15) is 57.8 Å². The van der Waals surface area contributed by atoms with E-state index in [-0.39, 0.29) is 43.1 Å². The van der Waals surface area contributed by atoms with Gasteiger partial charge in [0.15, 0.2) is 0 Å². The Morgan fingerprint density at radius 2 is 1.19 bits per heavy atom. The first-order chi connectivity index (χ1) is 33.1. The fourth-order valence-corrected chi connectivity index (χ4v) is 9.66. The average Bonchev–Trinajstić information content (AvgIpc) is 3.80. The molecule has 0 spiro atoms. The van der Waals surface area contributed by atoms with Crippen molar-refractivity contribution in [3.05, 3.63) is 65.7 Å². The van der Waals surface area contributed by atoms with Crippen molar-refractivity contribution in [3.8, 4) is 5.75 Å². The number of hydrogen-bond acceptors (Lipinski definition) is 15. The summed E-state index contributed by atoms with van der Waals surface area (Å²) in [7, 11) is 2.01. The van der Waals surface area contributed by atoms with Gasteiger partial charge in [0.2, 0.25) is 65.0 Å². The van der Waals surface area contributed by atoms with E-state index in [1.54, 1.807) is 44.2 Å². The number of nitrogens with two attached hydrogens (primary N) is 4. The van der Waals surface area contributed by atoms with Crippen LogP contribution in [0, 0.1) is 5.92 Å². The summed E-state index contributed by atoms with van der Waals surface area (Å²) in [6, 6.07) is 2.74. The molecule has 24 nitrogen and oxygen atoms in total. The number of benzene rings is 2. The second kappa shape index (κ2) is 26.7. The lowest BCUT2D eigenvalue weighted by Gasteiger charge is -2.31. The van der Waals surface area contributed by atoms with Crippen LogP contribution in [0.2, 0.25) is 0 Å². The number of phenols is 1. The van der Waals surface area contributed by atoms with E-state index in [0.29, 0.717) is 17.5 Å². The Morgan fingerprint density at radius 3 is 1.73 bits per heavy atom. The Morgan fingerprint density at radius 1 is 0.686 bits per heavy atom. The molecule has 0 saturated carbocycles. The molecule has 8 atom stereocenters. The number of nitrogens with zero attached hydrogens (tertiary/aromatic N) is 1. The molecular weight excluding hydrogens is 953 g/mol. The van der Waals surface area contributed by atoms with E-state index in [1.165, 1.54) is 29.2 Å². The predicted molar refractivity (Wildman–Crippen MR) is 256 cm³/mol. The molecule has 26 heteroatoms. The SMILES string of the molecule is CC(C)C(NC(=O)C1CCCN1C(=O)C1CSSCC(N)C(=O)NC(Cc2ccc(O)cc2)C(=O)NC(Cc2ccccc2)C(=O)NC(CC(N)=O)C(=O)NC(CC(N)=O)C(=O)N1)C(=O)NCC(N)=O. The highest BCUT2D eigenvalue weighted by Crippen LogP contribution is 2.26. The number of aromatic hydroxyl groups is 1. The van der Waals surface area contributed by atoms with Gasteiger partial charge in [0.1, 0.15) is 48.0 Å². The van der Waals surface area contributed by atoms with Crippen molar-refractivity contribution in [2.24, 2.45) is 28.9 Å². The van der Waals surface area contributed by atoms with Gasteiger partial charge < -0.3 is 70.2 Å². The van der Waals surface area contributed by atoms with Crippen LogP contribution in [0.5, 0.6) is 5.75 Å². The van der Waals surface area contributed by atoms with Gasteiger partial charge in [-0.25, -0.2) is 0 Å². The highest BCUT2D eigenvalue weighted by atomic mass is 33.1. The fourth-order valence-electron chi connectivity index (χ4n) is 7.38. The first kappa shape index (κ1) is 55.7. The van der Waals surface area contributed by atoms with Crippen molar-refractivity contribution in [1.82, 2.24) is 42.1 Å². The van der Waals surface area contributed by atoms with Gasteiger partial charge in [-0.3, -0.25) is 52.7 Å². The summed E-state index contributed by atoms with van der Waals surface area (Å²) in [5.41, 5.74) is 23.5. The first-order valence-corrected chi connectivity index (χ1v) is 24.7. The number of hydrogen-bond donors (Lipinski definition) is 12. The first-order valence-electron chi connectivity index (χ1n) is 22.2. The molecule has 0 aliphatic carbocycles. The maximum absolute atomic E-state index is 14.5. The standard InChI is InChI=1S/C44H60N12O12S2/c1-22(2)36(43(67)49-19-35(48)60)55-42(66)32-9-6-14-56(32)44(68)31-21-70-69-20-26(45)37(61)50-27(16-24-10-12-25(57)13-11-24)38(62)51-28(15-23-7-4-3-5-8-23)39(63)52-29(17-33(46)58)40(64)53-30(18-34(47)59)41(65)54-31/h3-5,7-8,10-13,22,26-32,36,57H,6,9,14-21,45H2,1-2H3,(H2,46,58)(H2,47,59)(H2,48,60)(H,49,67)(H,50,61)(H,51,62)(H,52,63)(H,53,64)(H,54,65)(H,55,66). The third-order valence-electron chi connectivity index (χ3n) is 11.0. The molecule has 4 rings (SSSR count). The monoisotopic (exact) mass is 1010 g/mol. The van der Waals surface area contributed by atoms with Gasteiger partial charge in [-0.15, -0.1) is 0 Å². The summed E-state index contributed by atoms with van der Waals surface area (Å²) >= 11 is 0. The van der Waals surface area contributed by atoms with Crippen LogP contribution in [0.15, 0.2) is 54.6 Å². The molecule has 70 heavy (non-hydrogen) atoms. The maximum atomic E-state index is 14.5. The summed E-state index contributed by atoms with van der Waals surface area (Å²) < 4.78 is 0. The van der Waals surface area contributed by atoms with E-state index in [0.717, 1.165) is 21.6 Å². The topological polar surface area (TPSA) is 400 Å². The maximum Gasteiger partial charge on any atom is 0.246 e. The zero-order valence-electron chi connectivity index (χ0n) is 38.5. The van der Waals surface area contributed by atoms with Crippen LogP contribution in [-0.2, 0) is 65.6 Å². The molecule has 380 valence electrons. The Kier molecular flexibility index (Phi) is 21.3. The van der Waals surface area contributed by atoms with Gasteiger partial charge in [-0.2, -0.15) is 0 Å². The Labute approximate surface area is 410 Å². The zero-order valence-corrected chi connectivity index (χ0v) is 40.1. The van der Waals surface area contributed by atoms with E-state index < -0.39 is 139 Å². The summed E-state index contributed by atoms with van der Waals surface area (Å²) in [6.07, 6.45) is -1.48. The third-order valence-corrected chi connectivity index (χ3v) is 13.5. The second-order valence-electron chi connectivity index (χ2n) is 17.0. The van der Waals surface area contributed by atoms with E-state index >= 15 is 0 Å². The van der Waals surface area contributed by atoms with Gasteiger partial charge in [0.25, 0.3) is 0 Å². The third kappa shape index (κ3) is 17.2. The average molecular weight is 1010 g/mol. The zero-order chi connectivity index (χ0) is 51.7. The number of phenolic OH excluding ortho intramolecular Hbond substituents is 1. The molecular formula is C44H60N12O12S2. The smallest absolute Gasteiger partial charge is 0.246 e. The minimum Gasteiger partial charge on any atom is -0.508 e. The molecule has 2 fully saturated rings. The molecule has 2 saturated heterocycles. The van der Waals surface area contributed by atoms with Gasteiger partial charge >= 0.3 is 0 Å². The fraction of sp³-hybridized carbons (Fsp3) is 0.477. The lowest BCUT2D eigenvalue weighted by molar-refractivity contribution is -0.142. The van der Waals surface area contributed by atoms with Crippen molar-refractivity contribution < 1.29 is 57.8 Å². The largest absolute Gasteiger partial charge is 0.508 e. The molecule has 0 aromatic heterocycles. The van der Waals surface area contributed by atoms with Crippen LogP contribution < -0.4 is 60.2 Å². The Balaban J connectivity index is 1.71. The molecule has 2 aliphatic heterocycles. The van der Waals surface area contributed by atoms with Gasteiger partial charge in [-0.1, -0.05) is 77.9 Å². The highest BCUT2D eigenvalue weighted by molar-refractivity contribution is 8.76. The van der Waals surface area contributed by atoms with Crippen LogP contribution >= 0.6 is 21.6 Å². The van der Waals surface area contributed by atoms with Crippen molar-refractivity contribution in [2.45, 2.75) is 101 Å². The van der Waals surface area contributed by atoms with Crippen molar-refractivity contribution in [2.75, 3.05) is 24.6 Å². The van der Waals surface area contributed by atoms with Gasteiger partial charge in [0.05, 0.1) is 25.4 Å². The molecule has 2 aromatic carbocycles. The second-order valence-corrected chi connectivity index (χ2v) is 19.5. The van der Waals surface area contributed by atoms with Crippen molar-refractivity contribution in [1.29, 1.82) is 0 Å². The van der Waals surface area contributed by atoms with Crippen LogP contribution in [-0.4, -0.2) is 148 Å². The summed E-state index contributed by atoms with van der Waals surface area (Å²) in [6.45, 7) is 2.85. The van der Waals surface area contributed by atoms with E-state index in [1.807, 2.05) is 0 Å². The number of nitrogens with one attached hydrogen (secondary N) is 7. The number of primary amides is 3. The lowest BCUT2D eigenvalue weighted by Crippen LogP contribution is -2.61. The number of rotatable bonds is 15. The van der Waals surface area contributed by atoms with Crippen molar-refractivity contribution >= 4 is 86.6 Å². The minimum atomic E-state index is -1.81. The number of likely N-dealkylation sites (tertiary alicyclic amines) is 1. The molecule has 16 N–H and O–H groups in total. The van der Waals surface area contributed by atoms with Gasteiger partial charge in [-0.05, 0) is 42.0 Å². The normalized spacial score (nSPS) is 23.6. The predicted octanol–water partition coefficient (Wildman–Crippen LogP) is -4.19. The molecule has 2 heterocycles. The molecule has 2 aromatic rings. The Hall–Kier alpha value is -6.93. The van der Waals surface area contributed by atoms with E-state index in [4.69, 9.17) is 22.9 Å². The number of amides is 11. The van der Waals surface area contributed by atoms with Crippen LogP contribution in [0.3, 0.4) is 0 Å². The highest BCUT2D eigenvalue weighted by Gasteiger charge is 2.41. The molecule has 2 aliphatic rings. The number of carbonyl (C=O) groups excluding carboxylic acids is 11. The van der Waals surface area contributed by atoms with Crippen LogP contribution in [0.4, 0.5) is 0 Å². The summed E-state index contributed by atoms with van der Waals surface area (Å²) in [5.74, 6) is -10.9. The summed E-state index contributed by atoms with van der Waals surface area (Å²) in [5, 5.41) is 27.4. The molecule has 11 amide bonds. The number of carbonyl (C=O) groups is 11. The molecule has 8 unspecified atom stereocenters. The lowest BCUT2D eigenvalue weighted by atomic mass is 10.0. The van der Waals surface area contributed by atoms with Crippen LogP contribution in [0.25, 0.3) is 0 Å². The van der Waals surface area contributed by atoms with Gasteiger partial charge in [0, 0.05) is 30.9 Å².